The molecule has 0 bridgehead atoms. The van der Waals surface area contributed by atoms with E-state index in [9.17, 15) is 0 Å². The van der Waals surface area contributed by atoms with E-state index in [1.165, 1.54) is 102 Å². The number of thiophene rings is 1. The van der Waals surface area contributed by atoms with E-state index in [4.69, 9.17) is 0 Å². The molecular weight excluding hydrogens is 589 g/mol. The number of nitrogens with zero attached hydrogens (tertiary/aromatic N) is 1. The Morgan fingerprint density at radius 2 is 1.09 bits per heavy atom. The summed E-state index contributed by atoms with van der Waals surface area (Å²) in [5, 5.41) is 13.0. The highest BCUT2D eigenvalue weighted by molar-refractivity contribution is 7.27. The molecule has 0 saturated carbocycles. The fourth-order valence-corrected chi connectivity index (χ4v) is 9.37. The van der Waals surface area contributed by atoms with E-state index in [2.05, 4.69) is 161 Å². The fraction of sp³-hybridized carbons (Fsp3) is 0. The molecule has 2 nitrogen and oxygen atoms in total. The number of para-hydroxylation sites is 2. The lowest BCUT2D eigenvalue weighted by Crippen LogP contribution is -1.93. The first kappa shape index (κ1) is 25.3. The van der Waals surface area contributed by atoms with Crippen LogP contribution in [0.15, 0.2) is 152 Å². The topological polar surface area (TPSA) is 20.7 Å². The summed E-state index contributed by atoms with van der Waals surface area (Å²) in [5.74, 6) is 0. The highest BCUT2D eigenvalue weighted by Gasteiger charge is 2.19. The van der Waals surface area contributed by atoms with E-state index >= 15 is 0 Å². The Kier molecular flexibility index (Phi) is 5.02. The molecule has 0 atom stereocenters. The lowest BCUT2D eigenvalue weighted by atomic mass is 9.96. The number of rotatable bonds is 2. The molecule has 0 aliphatic heterocycles. The van der Waals surface area contributed by atoms with Gasteiger partial charge in [-0.05, 0) is 69.1 Å². The van der Waals surface area contributed by atoms with Crippen LogP contribution >= 0.6 is 11.3 Å². The molecule has 0 saturated heterocycles. The third kappa shape index (κ3) is 3.44. The summed E-state index contributed by atoms with van der Waals surface area (Å²) >= 11 is 1.92. The molecule has 0 fully saturated rings. The predicted molar refractivity (Wildman–Crippen MR) is 203 cm³/mol. The van der Waals surface area contributed by atoms with E-state index in [0.717, 1.165) is 0 Å². The Morgan fingerprint density at radius 1 is 0.426 bits per heavy atom. The zero-order valence-corrected chi connectivity index (χ0v) is 26.1. The second kappa shape index (κ2) is 9.32. The van der Waals surface area contributed by atoms with Crippen LogP contribution < -0.4 is 0 Å². The largest absolute Gasteiger partial charge is 0.353 e. The highest BCUT2D eigenvalue weighted by atomic mass is 32.1. The predicted octanol–water partition coefficient (Wildman–Crippen LogP) is 12.8. The minimum absolute atomic E-state index is 1.17. The summed E-state index contributed by atoms with van der Waals surface area (Å²) in [6.07, 6.45) is 0. The van der Waals surface area contributed by atoms with Crippen molar-refractivity contribution >= 4 is 96.7 Å². The Morgan fingerprint density at radius 3 is 1.96 bits per heavy atom. The fourth-order valence-electron chi connectivity index (χ4n) is 8.01. The van der Waals surface area contributed by atoms with Gasteiger partial charge in [-0.25, -0.2) is 0 Å². The molecule has 3 heteroatoms. The maximum absolute atomic E-state index is 3.89. The summed E-state index contributed by atoms with van der Waals surface area (Å²) in [7, 11) is 0. The molecule has 0 aliphatic rings. The average Bonchev–Trinajstić information content (AvgIpc) is 3.82. The third-order valence-corrected chi connectivity index (χ3v) is 11.3. The van der Waals surface area contributed by atoms with Gasteiger partial charge < -0.3 is 9.55 Å². The van der Waals surface area contributed by atoms with Crippen molar-refractivity contribution in [2.75, 3.05) is 0 Å². The van der Waals surface area contributed by atoms with Gasteiger partial charge >= 0.3 is 0 Å². The molecule has 3 aromatic heterocycles. The summed E-state index contributed by atoms with van der Waals surface area (Å²) in [4.78, 5) is 3.89. The molecule has 0 unspecified atom stereocenters. The van der Waals surface area contributed by atoms with E-state index in [-0.39, 0.29) is 0 Å². The minimum atomic E-state index is 1.17. The van der Waals surface area contributed by atoms with Crippen molar-refractivity contribution in [2.45, 2.75) is 0 Å². The number of hydrogen-bond donors (Lipinski definition) is 1. The molecule has 8 aromatic carbocycles. The number of H-pyrrole nitrogens is 1. The molecule has 0 radical (unpaired) electrons. The quantitative estimate of drug-likeness (QED) is 0.200. The maximum Gasteiger partial charge on any atom is 0.0653 e. The van der Waals surface area contributed by atoms with Gasteiger partial charge in [-0.15, -0.1) is 11.3 Å². The molecule has 3 heterocycles. The van der Waals surface area contributed by atoms with E-state index < -0.39 is 0 Å². The maximum atomic E-state index is 3.89. The molecule has 1 N–H and O–H groups in total. The van der Waals surface area contributed by atoms with Crippen LogP contribution in [0.1, 0.15) is 0 Å². The summed E-state index contributed by atoms with van der Waals surface area (Å²) < 4.78 is 5.09. The number of benzene rings is 8. The van der Waals surface area contributed by atoms with Gasteiger partial charge in [0.15, 0.2) is 0 Å². The lowest BCUT2D eigenvalue weighted by molar-refractivity contribution is 1.18. The van der Waals surface area contributed by atoms with Crippen molar-refractivity contribution in [1.82, 2.24) is 9.55 Å². The smallest absolute Gasteiger partial charge is 0.0653 e. The first-order valence-corrected chi connectivity index (χ1v) is 16.9. The lowest BCUT2D eigenvalue weighted by Gasteiger charge is -2.09. The van der Waals surface area contributed by atoms with Crippen LogP contribution in [-0.4, -0.2) is 9.55 Å². The van der Waals surface area contributed by atoms with Crippen LogP contribution in [0.3, 0.4) is 0 Å². The van der Waals surface area contributed by atoms with Gasteiger partial charge in [0.25, 0.3) is 0 Å². The van der Waals surface area contributed by atoms with Gasteiger partial charge in [-0.3, -0.25) is 0 Å². The standard InChI is InChI=1S/C44H26N2S/c1-2-11-29(12-3-1)46-38-17-9-8-14-31(38)32-21-19-28(25-39(32)46)27-20-23-37-36(24-27)40-33-15-6-7-16-34(33)41-35-22-18-26-10-4-5-13-30(26)43(35)47-44(41)42(40)45-37/h1-25,45H. The van der Waals surface area contributed by atoms with Crippen LogP contribution in [0, 0.1) is 0 Å². The van der Waals surface area contributed by atoms with E-state index in [1.54, 1.807) is 0 Å². The van der Waals surface area contributed by atoms with Crippen molar-refractivity contribution < 1.29 is 0 Å². The normalized spacial score (nSPS) is 12.3. The van der Waals surface area contributed by atoms with Gasteiger partial charge in [-0.1, -0.05) is 115 Å². The second-order valence-corrected chi connectivity index (χ2v) is 13.6. The van der Waals surface area contributed by atoms with Crippen LogP contribution in [0.4, 0.5) is 0 Å². The van der Waals surface area contributed by atoms with Crippen molar-refractivity contribution in [3.05, 3.63) is 152 Å². The van der Waals surface area contributed by atoms with Crippen molar-refractivity contribution in [1.29, 1.82) is 0 Å². The number of nitrogens with one attached hydrogen (secondary N) is 1. The molecule has 218 valence electrons. The number of aromatic nitrogens is 2. The molecule has 0 amide bonds. The summed E-state index contributed by atoms with van der Waals surface area (Å²) in [6, 6.07) is 55.6. The van der Waals surface area contributed by atoms with Gasteiger partial charge in [0.2, 0.25) is 0 Å². The second-order valence-electron chi connectivity index (χ2n) is 12.6. The van der Waals surface area contributed by atoms with Crippen LogP contribution in [0.2, 0.25) is 0 Å². The van der Waals surface area contributed by atoms with Crippen LogP contribution in [-0.2, 0) is 0 Å². The number of fused-ring (bicyclic) bond motifs is 15. The average molecular weight is 615 g/mol. The molecule has 11 rings (SSSR count). The van der Waals surface area contributed by atoms with E-state index in [0.29, 0.717) is 0 Å². The van der Waals surface area contributed by atoms with Crippen molar-refractivity contribution in [3.63, 3.8) is 0 Å². The number of hydrogen-bond acceptors (Lipinski definition) is 1. The first-order chi connectivity index (χ1) is 23.3. The number of aromatic amines is 1. The van der Waals surface area contributed by atoms with Gasteiger partial charge in [0.1, 0.15) is 0 Å². The zero-order chi connectivity index (χ0) is 30.6. The summed E-state index contributed by atoms with van der Waals surface area (Å²) in [6.45, 7) is 0. The van der Waals surface area contributed by atoms with Gasteiger partial charge in [-0.2, -0.15) is 0 Å². The SMILES string of the molecule is c1ccc(-n2c3ccccc3c3ccc(-c4ccc5[nH]c6c7sc8c9ccccc9ccc8c7c7ccccc7c6c5c4)cc32)cc1. The van der Waals surface area contributed by atoms with E-state index in [1.807, 2.05) is 11.3 Å². The van der Waals surface area contributed by atoms with Gasteiger partial charge in [0.05, 0.1) is 21.3 Å². The van der Waals surface area contributed by atoms with Gasteiger partial charge in [0, 0.05) is 48.2 Å². The monoisotopic (exact) mass is 614 g/mol. The third-order valence-electron chi connectivity index (χ3n) is 10.1. The molecule has 0 aliphatic carbocycles. The Hall–Kier alpha value is -5.90. The first-order valence-electron chi connectivity index (χ1n) is 16.1. The highest BCUT2D eigenvalue weighted by Crippen LogP contribution is 2.48. The van der Waals surface area contributed by atoms with Crippen LogP contribution in [0.5, 0.6) is 0 Å². The minimum Gasteiger partial charge on any atom is -0.353 e. The van der Waals surface area contributed by atoms with Crippen molar-refractivity contribution in [3.8, 4) is 16.8 Å². The molecule has 47 heavy (non-hydrogen) atoms. The molecule has 0 spiro atoms. The Balaban J connectivity index is 1.20. The molecule has 11 aromatic rings. The molecular formula is C44H26N2S. The van der Waals surface area contributed by atoms with Crippen molar-refractivity contribution in [2.24, 2.45) is 0 Å². The Labute approximate surface area is 273 Å². The Bertz CT molecular complexity index is 3070. The zero-order valence-electron chi connectivity index (χ0n) is 25.3. The van der Waals surface area contributed by atoms with Crippen LogP contribution in [0.25, 0.3) is 102 Å². The summed E-state index contributed by atoms with van der Waals surface area (Å²) in [5.41, 5.74) is 8.46.